The van der Waals surface area contributed by atoms with E-state index in [0.717, 1.165) is 0 Å². The van der Waals surface area contributed by atoms with Crippen LogP contribution in [0.25, 0.3) is 0 Å². The fourth-order valence-electron chi connectivity index (χ4n) is 0.592. The normalized spacial score (nSPS) is 14.4. The summed E-state index contributed by atoms with van der Waals surface area (Å²) in [6.07, 6.45) is -12.5. The molecule has 15 heavy (non-hydrogen) atoms. The summed E-state index contributed by atoms with van der Waals surface area (Å²) in [6.45, 7) is -0.985. The van der Waals surface area contributed by atoms with Gasteiger partial charge in [0.25, 0.3) is 0 Å². The lowest BCUT2D eigenvalue weighted by molar-refractivity contribution is -0.429. The molecule has 0 amide bonds. The third kappa shape index (κ3) is 3.47. The van der Waals surface area contributed by atoms with Gasteiger partial charge in [0.1, 0.15) is 0 Å². The molecule has 0 unspecified atom stereocenters. The van der Waals surface area contributed by atoms with E-state index in [1.807, 2.05) is 0 Å². The topological polar surface area (TPSA) is 9.23 Å². The maximum atomic E-state index is 12.6. The van der Waals surface area contributed by atoms with Gasteiger partial charge in [-0.25, -0.2) is 0 Å². The zero-order chi connectivity index (χ0) is 12.3. The van der Waals surface area contributed by atoms with E-state index in [9.17, 15) is 30.7 Å². The van der Waals surface area contributed by atoms with Crippen LogP contribution in [-0.4, -0.2) is 30.1 Å². The van der Waals surface area contributed by atoms with Crippen LogP contribution in [0.4, 0.5) is 30.7 Å². The van der Waals surface area contributed by atoms with E-state index in [1.54, 1.807) is 0 Å². The van der Waals surface area contributed by atoms with Crippen molar-refractivity contribution in [3.05, 3.63) is 0 Å². The Bertz CT molecular complexity index is 185. The maximum absolute atomic E-state index is 12.6. The van der Waals surface area contributed by atoms with Crippen LogP contribution in [0.15, 0.2) is 0 Å². The van der Waals surface area contributed by atoms with Crippen LogP contribution in [0.2, 0.25) is 0 Å². The lowest BCUT2D eigenvalue weighted by Gasteiger charge is -2.29. The van der Waals surface area contributed by atoms with Crippen LogP contribution in [-0.2, 0) is 4.74 Å². The molecule has 0 aliphatic heterocycles. The summed E-state index contributed by atoms with van der Waals surface area (Å²) >= 11 is 2.75. The number of rotatable bonds is 4. The van der Waals surface area contributed by atoms with Crippen molar-refractivity contribution >= 4 is 15.9 Å². The highest BCUT2D eigenvalue weighted by Crippen LogP contribution is 2.46. The van der Waals surface area contributed by atoms with E-state index in [2.05, 4.69) is 20.7 Å². The van der Waals surface area contributed by atoms with Crippen LogP contribution in [0.5, 0.6) is 0 Å². The van der Waals surface area contributed by atoms with Gasteiger partial charge in [0.2, 0.25) is 0 Å². The minimum absolute atomic E-state index is 0.110. The SMILES string of the molecule is FC(F)(F)C(F)(OCCCBr)C(F)(F)F. The fourth-order valence-corrected chi connectivity index (χ4v) is 0.821. The summed E-state index contributed by atoms with van der Waals surface area (Å²) in [5.41, 5.74) is 0. The lowest BCUT2D eigenvalue weighted by Crippen LogP contribution is -2.55. The Balaban J connectivity index is 4.74. The Morgan fingerprint density at radius 1 is 0.867 bits per heavy atom. The number of alkyl halides is 8. The van der Waals surface area contributed by atoms with Crippen molar-refractivity contribution in [1.82, 2.24) is 0 Å². The minimum atomic E-state index is -6.14. The van der Waals surface area contributed by atoms with E-state index in [0.29, 0.717) is 0 Å². The summed E-state index contributed by atoms with van der Waals surface area (Å²) in [6, 6.07) is 0. The molecule has 0 aliphatic carbocycles. The van der Waals surface area contributed by atoms with E-state index >= 15 is 0 Å². The predicted molar refractivity (Wildman–Crippen MR) is 40.3 cm³/mol. The lowest BCUT2D eigenvalue weighted by atomic mass is 10.3. The highest BCUT2D eigenvalue weighted by atomic mass is 79.9. The molecular weight excluding hydrogens is 301 g/mol. The molecule has 0 aromatic rings. The van der Waals surface area contributed by atoms with Crippen molar-refractivity contribution in [2.24, 2.45) is 0 Å². The molecule has 1 nitrogen and oxygen atoms in total. The summed E-state index contributed by atoms with van der Waals surface area (Å²) in [5.74, 6) is -5.60. The first-order valence-electron chi connectivity index (χ1n) is 3.58. The quantitative estimate of drug-likeness (QED) is 0.438. The van der Waals surface area contributed by atoms with Crippen LogP contribution in [0.3, 0.4) is 0 Å². The van der Waals surface area contributed by atoms with E-state index in [4.69, 9.17) is 0 Å². The van der Waals surface area contributed by atoms with Gasteiger partial charge in [0.05, 0.1) is 6.61 Å². The number of ether oxygens (including phenoxy) is 1. The smallest absolute Gasteiger partial charge is 0.332 e. The highest BCUT2D eigenvalue weighted by molar-refractivity contribution is 9.09. The summed E-state index contributed by atoms with van der Waals surface area (Å²) < 4.78 is 86.7. The van der Waals surface area contributed by atoms with Gasteiger partial charge in [-0.05, 0) is 6.42 Å². The number of hydrogen-bond donors (Lipinski definition) is 0. The molecule has 0 saturated heterocycles. The van der Waals surface area contributed by atoms with Crippen molar-refractivity contribution in [2.45, 2.75) is 24.6 Å². The Morgan fingerprint density at radius 3 is 1.53 bits per heavy atom. The predicted octanol–water partition coefficient (Wildman–Crippen LogP) is 3.58. The summed E-state index contributed by atoms with van der Waals surface area (Å²) in [4.78, 5) is 0. The van der Waals surface area contributed by atoms with Crippen LogP contribution in [0, 0.1) is 0 Å². The Kier molecular flexibility index (Phi) is 4.84. The van der Waals surface area contributed by atoms with E-state index < -0.39 is 24.8 Å². The molecular formula is C6H6BrF7O. The van der Waals surface area contributed by atoms with E-state index in [-0.39, 0.29) is 11.8 Å². The molecule has 0 aromatic heterocycles. The average Bonchev–Trinajstić information content (AvgIpc) is 2.00. The van der Waals surface area contributed by atoms with Crippen molar-refractivity contribution in [3.63, 3.8) is 0 Å². The number of halogens is 8. The van der Waals surface area contributed by atoms with Crippen molar-refractivity contribution in [2.75, 3.05) is 11.9 Å². The molecule has 0 rings (SSSR count). The van der Waals surface area contributed by atoms with Gasteiger partial charge in [0.15, 0.2) is 0 Å². The van der Waals surface area contributed by atoms with Crippen LogP contribution < -0.4 is 0 Å². The molecule has 0 fully saturated rings. The summed E-state index contributed by atoms with van der Waals surface area (Å²) in [5, 5.41) is 0.110. The van der Waals surface area contributed by atoms with Gasteiger partial charge < -0.3 is 4.74 Å². The van der Waals surface area contributed by atoms with Crippen LogP contribution in [0.1, 0.15) is 6.42 Å². The van der Waals surface area contributed by atoms with Gasteiger partial charge in [-0.15, -0.1) is 0 Å². The maximum Gasteiger partial charge on any atom is 0.458 e. The fraction of sp³-hybridized carbons (Fsp3) is 1.00. The largest absolute Gasteiger partial charge is 0.458 e. The minimum Gasteiger partial charge on any atom is -0.332 e. The molecule has 0 aromatic carbocycles. The second kappa shape index (κ2) is 4.86. The van der Waals surface area contributed by atoms with Gasteiger partial charge in [-0.1, -0.05) is 15.9 Å². The molecule has 9 heteroatoms. The van der Waals surface area contributed by atoms with Crippen molar-refractivity contribution in [1.29, 1.82) is 0 Å². The van der Waals surface area contributed by atoms with Gasteiger partial charge >= 0.3 is 18.2 Å². The third-order valence-electron chi connectivity index (χ3n) is 1.31. The zero-order valence-corrected chi connectivity index (χ0v) is 8.64. The highest BCUT2D eigenvalue weighted by Gasteiger charge is 2.74. The molecule has 0 saturated carbocycles. The Labute approximate surface area is 88.7 Å². The second-order valence-corrected chi connectivity index (χ2v) is 3.27. The molecule has 0 aliphatic rings. The average molecular weight is 307 g/mol. The molecule has 0 N–H and O–H groups in total. The third-order valence-corrected chi connectivity index (χ3v) is 1.87. The monoisotopic (exact) mass is 306 g/mol. The Hall–Kier alpha value is -0.0500. The molecule has 0 radical (unpaired) electrons. The molecule has 92 valence electrons. The first-order valence-corrected chi connectivity index (χ1v) is 4.70. The summed E-state index contributed by atoms with van der Waals surface area (Å²) in [7, 11) is 0. The molecule has 0 heterocycles. The Morgan fingerprint density at radius 2 is 1.27 bits per heavy atom. The first-order chi connectivity index (χ1) is 6.56. The van der Waals surface area contributed by atoms with Crippen LogP contribution >= 0.6 is 15.9 Å². The molecule has 0 spiro atoms. The van der Waals surface area contributed by atoms with Gasteiger partial charge in [-0.2, -0.15) is 30.7 Å². The molecule has 0 bridgehead atoms. The second-order valence-electron chi connectivity index (χ2n) is 2.48. The number of hydrogen-bond acceptors (Lipinski definition) is 1. The van der Waals surface area contributed by atoms with Gasteiger partial charge in [0, 0.05) is 5.33 Å². The molecule has 0 atom stereocenters. The zero-order valence-electron chi connectivity index (χ0n) is 7.05. The van der Waals surface area contributed by atoms with Crippen molar-refractivity contribution in [3.8, 4) is 0 Å². The van der Waals surface area contributed by atoms with E-state index in [1.165, 1.54) is 0 Å². The standard InChI is InChI=1S/C6H6BrF7O/c7-2-1-3-15-4(8,5(9,10)11)6(12,13)14/h1-3H2. The van der Waals surface area contributed by atoms with Gasteiger partial charge in [-0.3, -0.25) is 0 Å². The first kappa shape index (κ1) is 14.9. The van der Waals surface area contributed by atoms with Crippen molar-refractivity contribution < 1.29 is 35.5 Å².